The smallest absolute Gasteiger partial charge is 0.119 e. The van der Waals surface area contributed by atoms with Gasteiger partial charge in [0.1, 0.15) is 6.29 Å². The van der Waals surface area contributed by atoms with E-state index in [-0.39, 0.29) is 0 Å². The molecule has 1 unspecified atom stereocenters. The maximum absolute atomic E-state index is 9.83. The molecule has 0 aliphatic rings. The number of hydrogen-bond donors (Lipinski definition) is 1. The summed E-state index contributed by atoms with van der Waals surface area (Å²) in [6.07, 6.45) is 2.37. The van der Waals surface area contributed by atoms with Crippen molar-refractivity contribution in [3.05, 3.63) is 0 Å². The van der Waals surface area contributed by atoms with Gasteiger partial charge < -0.3 is 14.6 Å². The highest BCUT2D eigenvalue weighted by Gasteiger charge is 2.00. The van der Waals surface area contributed by atoms with Crippen LogP contribution in [-0.2, 0) is 9.53 Å². The molecule has 0 aliphatic carbocycles. The molecule has 0 radical (unpaired) electrons. The minimum atomic E-state index is -0.412. The van der Waals surface area contributed by atoms with Crippen molar-refractivity contribution in [2.75, 3.05) is 13.7 Å². The highest BCUT2D eigenvalue weighted by Crippen LogP contribution is 1.98. The number of ether oxygens (including phenoxy) is 1. The summed E-state index contributed by atoms with van der Waals surface area (Å²) >= 11 is 0. The first-order valence-corrected chi connectivity index (χ1v) is 3.42. The van der Waals surface area contributed by atoms with Crippen LogP contribution < -0.4 is 0 Å². The molecule has 0 saturated heterocycles. The first-order valence-electron chi connectivity index (χ1n) is 3.42. The Morgan fingerprint density at radius 2 is 2.40 bits per heavy atom. The van der Waals surface area contributed by atoms with E-state index < -0.39 is 6.10 Å². The molecule has 0 aromatic carbocycles. The van der Waals surface area contributed by atoms with E-state index in [0.717, 1.165) is 12.7 Å². The van der Waals surface area contributed by atoms with Crippen molar-refractivity contribution in [3.63, 3.8) is 0 Å². The lowest BCUT2D eigenvalue weighted by molar-refractivity contribution is -0.108. The Balaban J connectivity index is 3.04. The van der Waals surface area contributed by atoms with Crippen molar-refractivity contribution in [1.82, 2.24) is 0 Å². The van der Waals surface area contributed by atoms with E-state index in [1.807, 2.05) is 0 Å². The number of carbonyl (C=O) groups is 1. The Bertz CT molecular complexity index is 82.9. The molecule has 0 heterocycles. The molecule has 0 fully saturated rings. The zero-order valence-corrected chi connectivity index (χ0v) is 6.25. The molecule has 3 nitrogen and oxygen atoms in total. The number of hydrogen-bond acceptors (Lipinski definition) is 3. The SMILES string of the molecule is COCC(O)CCCC=O. The predicted molar refractivity (Wildman–Crippen MR) is 37.8 cm³/mol. The summed E-state index contributed by atoms with van der Waals surface area (Å²) in [7, 11) is 1.54. The van der Waals surface area contributed by atoms with Crippen LogP contribution in [-0.4, -0.2) is 31.2 Å². The zero-order chi connectivity index (χ0) is 7.82. The molecule has 0 aliphatic heterocycles. The van der Waals surface area contributed by atoms with Gasteiger partial charge in [-0.2, -0.15) is 0 Å². The zero-order valence-electron chi connectivity index (χ0n) is 6.25. The normalized spacial score (nSPS) is 13.0. The average Bonchev–Trinajstić information content (AvgIpc) is 1.89. The fourth-order valence-corrected chi connectivity index (χ4v) is 0.713. The third-order valence-corrected chi connectivity index (χ3v) is 1.22. The molecule has 0 bridgehead atoms. The number of aliphatic hydroxyl groups is 1. The van der Waals surface area contributed by atoms with Crippen molar-refractivity contribution in [1.29, 1.82) is 0 Å². The second-order valence-corrected chi connectivity index (χ2v) is 2.21. The molecule has 0 rings (SSSR count). The number of methoxy groups -OCH3 is 1. The van der Waals surface area contributed by atoms with Crippen molar-refractivity contribution < 1.29 is 14.6 Å². The highest BCUT2D eigenvalue weighted by atomic mass is 16.5. The second-order valence-electron chi connectivity index (χ2n) is 2.21. The van der Waals surface area contributed by atoms with Gasteiger partial charge in [-0.15, -0.1) is 0 Å². The molecule has 1 N–H and O–H groups in total. The lowest BCUT2D eigenvalue weighted by Gasteiger charge is -2.06. The molecule has 0 saturated carbocycles. The minimum absolute atomic E-state index is 0.360. The van der Waals surface area contributed by atoms with Gasteiger partial charge in [-0.25, -0.2) is 0 Å². The van der Waals surface area contributed by atoms with Crippen LogP contribution in [0, 0.1) is 0 Å². The van der Waals surface area contributed by atoms with Crippen LogP contribution >= 0.6 is 0 Å². The van der Waals surface area contributed by atoms with E-state index in [0.29, 0.717) is 19.4 Å². The van der Waals surface area contributed by atoms with Gasteiger partial charge in [0.15, 0.2) is 0 Å². The number of unbranched alkanes of at least 4 members (excludes halogenated alkanes) is 1. The van der Waals surface area contributed by atoms with Crippen LogP contribution in [0.5, 0.6) is 0 Å². The van der Waals surface area contributed by atoms with Gasteiger partial charge in [-0.05, 0) is 12.8 Å². The Morgan fingerprint density at radius 3 is 2.90 bits per heavy atom. The summed E-state index contributed by atoms with van der Waals surface area (Å²) in [4.78, 5) is 9.83. The van der Waals surface area contributed by atoms with Crippen LogP contribution in [0.4, 0.5) is 0 Å². The monoisotopic (exact) mass is 146 g/mol. The summed E-state index contributed by atoms with van der Waals surface area (Å²) in [5.41, 5.74) is 0. The lowest BCUT2D eigenvalue weighted by Crippen LogP contribution is -2.13. The quantitative estimate of drug-likeness (QED) is 0.435. The fraction of sp³-hybridized carbons (Fsp3) is 0.857. The number of aliphatic hydroxyl groups excluding tert-OH is 1. The Morgan fingerprint density at radius 1 is 1.70 bits per heavy atom. The Hall–Kier alpha value is -0.410. The first kappa shape index (κ1) is 9.59. The van der Waals surface area contributed by atoms with Gasteiger partial charge in [0, 0.05) is 13.5 Å². The van der Waals surface area contributed by atoms with E-state index in [2.05, 4.69) is 0 Å². The predicted octanol–water partition coefficient (Wildman–Crippen LogP) is 0.363. The van der Waals surface area contributed by atoms with Crippen LogP contribution in [0.25, 0.3) is 0 Å². The Kier molecular flexibility index (Phi) is 6.43. The molecule has 10 heavy (non-hydrogen) atoms. The highest BCUT2D eigenvalue weighted by molar-refractivity contribution is 5.48. The van der Waals surface area contributed by atoms with Gasteiger partial charge in [0.25, 0.3) is 0 Å². The minimum Gasteiger partial charge on any atom is -0.391 e. The maximum Gasteiger partial charge on any atom is 0.119 e. The summed E-state index contributed by atoms with van der Waals surface area (Å²) in [5, 5.41) is 9.03. The number of rotatable bonds is 6. The van der Waals surface area contributed by atoms with Crippen molar-refractivity contribution in [2.24, 2.45) is 0 Å². The number of carbonyl (C=O) groups excluding carboxylic acids is 1. The summed E-state index contributed by atoms with van der Waals surface area (Å²) < 4.78 is 4.70. The van der Waals surface area contributed by atoms with E-state index >= 15 is 0 Å². The average molecular weight is 146 g/mol. The molecule has 0 amide bonds. The van der Waals surface area contributed by atoms with Gasteiger partial charge >= 0.3 is 0 Å². The summed E-state index contributed by atoms with van der Waals surface area (Å²) in [5.74, 6) is 0. The van der Waals surface area contributed by atoms with E-state index in [4.69, 9.17) is 9.84 Å². The van der Waals surface area contributed by atoms with Crippen LogP contribution in [0.3, 0.4) is 0 Å². The van der Waals surface area contributed by atoms with E-state index in [9.17, 15) is 4.79 Å². The van der Waals surface area contributed by atoms with Gasteiger partial charge in [0.2, 0.25) is 0 Å². The van der Waals surface area contributed by atoms with Gasteiger partial charge in [-0.1, -0.05) is 0 Å². The molecule has 0 spiro atoms. The summed E-state index contributed by atoms with van der Waals surface area (Å²) in [6.45, 7) is 0.360. The van der Waals surface area contributed by atoms with Crippen LogP contribution in [0.1, 0.15) is 19.3 Å². The first-order chi connectivity index (χ1) is 4.81. The molecular formula is C7H14O3. The van der Waals surface area contributed by atoms with E-state index in [1.54, 1.807) is 7.11 Å². The Labute approximate surface area is 61.0 Å². The molecule has 0 aromatic rings. The van der Waals surface area contributed by atoms with E-state index in [1.165, 1.54) is 0 Å². The van der Waals surface area contributed by atoms with Crippen LogP contribution in [0.15, 0.2) is 0 Å². The fourth-order valence-electron chi connectivity index (χ4n) is 0.713. The molecule has 60 valence electrons. The number of aldehydes is 1. The van der Waals surface area contributed by atoms with Gasteiger partial charge in [-0.3, -0.25) is 0 Å². The molecule has 0 aromatic heterocycles. The molecule has 1 atom stereocenters. The largest absolute Gasteiger partial charge is 0.391 e. The molecular weight excluding hydrogens is 132 g/mol. The standard InChI is InChI=1S/C7H14O3/c1-10-6-7(9)4-2-3-5-8/h5,7,9H,2-4,6H2,1H3. The van der Waals surface area contributed by atoms with Crippen LogP contribution in [0.2, 0.25) is 0 Å². The maximum atomic E-state index is 9.83. The lowest BCUT2D eigenvalue weighted by atomic mass is 10.2. The summed E-state index contributed by atoms with van der Waals surface area (Å²) in [6, 6.07) is 0. The van der Waals surface area contributed by atoms with Crippen molar-refractivity contribution in [3.8, 4) is 0 Å². The topological polar surface area (TPSA) is 46.5 Å². The second kappa shape index (κ2) is 6.71. The van der Waals surface area contributed by atoms with Crippen molar-refractivity contribution >= 4 is 6.29 Å². The third kappa shape index (κ3) is 5.72. The van der Waals surface area contributed by atoms with Crippen molar-refractivity contribution in [2.45, 2.75) is 25.4 Å². The third-order valence-electron chi connectivity index (χ3n) is 1.22. The van der Waals surface area contributed by atoms with Gasteiger partial charge in [0.05, 0.1) is 12.7 Å². The molecule has 3 heteroatoms.